The van der Waals surface area contributed by atoms with Gasteiger partial charge in [-0.05, 0) is 66.8 Å². The molecule has 3 nitrogen and oxygen atoms in total. The first-order valence-electron chi connectivity index (χ1n) is 12.6. The van der Waals surface area contributed by atoms with Crippen molar-refractivity contribution in [2.45, 2.75) is 60.3 Å². The third-order valence-electron chi connectivity index (χ3n) is 6.26. The number of benzene rings is 4. The molecule has 0 N–H and O–H groups in total. The smallest absolute Gasteiger partial charge is 0.345 e. The van der Waals surface area contributed by atoms with E-state index in [2.05, 4.69) is 32.9 Å². The Hall–Kier alpha value is -3.57. The molecule has 0 amide bonds. The second-order valence-electron chi connectivity index (χ2n) is 10.6. The van der Waals surface area contributed by atoms with Crippen LogP contribution < -0.4 is 4.74 Å². The predicted octanol–water partition coefficient (Wildman–Crippen LogP) is 8.08. The number of rotatable bonds is 8. The summed E-state index contributed by atoms with van der Waals surface area (Å²) in [7, 11) is -0.475. The Kier molecular flexibility index (Phi) is 8.27. The largest absolute Gasteiger partial charge is 0.479 e. The van der Waals surface area contributed by atoms with Crippen molar-refractivity contribution in [1.82, 2.24) is 0 Å². The van der Waals surface area contributed by atoms with Gasteiger partial charge < -0.3 is 9.47 Å². The number of halogens is 1. The Bertz CT molecular complexity index is 1320. The number of ether oxygens (including phenoxy) is 2. The lowest BCUT2D eigenvalue weighted by Gasteiger charge is -2.27. The highest BCUT2D eigenvalue weighted by Crippen LogP contribution is 2.33. The molecular formula is C33H34FO3S+. The molecular weight excluding hydrogens is 495 g/mol. The second-order valence-corrected chi connectivity index (χ2v) is 12.7. The van der Waals surface area contributed by atoms with Crippen LogP contribution in [0.1, 0.15) is 45.7 Å². The third-order valence-corrected chi connectivity index (χ3v) is 8.47. The van der Waals surface area contributed by atoms with Crippen LogP contribution in [0.3, 0.4) is 0 Å². The fourth-order valence-electron chi connectivity index (χ4n) is 4.13. The number of carbonyl (C=O) groups is 1. The van der Waals surface area contributed by atoms with Crippen LogP contribution in [0.15, 0.2) is 118 Å². The summed E-state index contributed by atoms with van der Waals surface area (Å²) < 4.78 is 26.4. The molecule has 0 unspecified atom stereocenters. The van der Waals surface area contributed by atoms with Crippen LogP contribution in [0.4, 0.5) is 4.39 Å². The van der Waals surface area contributed by atoms with E-state index in [4.69, 9.17) is 9.47 Å². The number of carbonyl (C=O) groups excluding carboxylic acids is 1. The maximum atomic E-state index is 15.2. The summed E-state index contributed by atoms with van der Waals surface area (Å²) in [5, 5.41) is 0. The fourth-order valence-corrected chi connectivity index (χ4v) is 6.23. The Morgan fingerprint density at radius 3 is 1.74 bits per heavy atom. The lowest BCUT2D eigenvalue weighted by molar-refractivity contribution is -0.159. The van der Waals surface area contributed by atoms with Gasteiger partial charge in [0.25, 0.3) is 0 Å². The molecule has 5 heteroatoms. The van der Waals surface area contributed by atoms with E-state index in [1.165, 1.54) is 11.6 Å². The van der Waals surface area contributed by atoms with Gasteiger partial charge in [0.05, 0.1) is 10.9 Å². The fraction of sp³-hybridized carbons (Fsp3) is 0.242. The molecule has 0 aromatic heterocycles. The predicted molar refractivity (Wildman–Crippen MR) is 151 cm³/mol. The Balaban J connectivity index is 1.45. The van der Waals surface area contributed by atoms with E-state index in [-0.39, 0.29) is 17.8 Å². The van der Waals surface area contributed by atoms with E-state index in [1.54, 1.807) is 6.07 Å². The van der Waals surface area contributed by atoms with Crippen LogP contribution in [0, 0.1) is 5.82 Å². The topological polar surface area (TPSA) is 35.5 Å². The zero-order valence-corrected chi connectivity index (χ0v) is 23.3. The number of esters is 1. The maximum absolute atomic E-state index is 15.2. The standard InChI is InChI=1S/C33H34FO3S/c1-32(2,3)24-16-18-25(19-17-24)33(4,5)37-31(35)23-36-30-21-20-28(22-29(30)34)38(26-12-8-6-9-13-26)27-14-10-7-11-15-27/h6-22H,23H2,1-5H3/q+1. The van der Waals surface area contributed by atoms with Crippen LogP contribution >= 0.6 is 0 Å². The highest BCUT2D eigenvalue weighted by molar-refractivity contribution is 7.97. The first kappa shape index (κ1) is 27.5. The minimum atomic E-state index is -0.848. The van der Waals surface area contributed by atoms with E-state index < -0.39 is 28.3 Å². The molecule has 4 rings (SSSR count). The van der Waals surface area contributed by atoms with Gasteiger partial charge in [-0.15, -0.1) is 0 Å². The van der Waals surface area contributed by atoms with Crippen LogP contribution in [0.2, 0.25) is 0 Å². The second kappa shape index (κ2) is 11.4. The third kappa shape index (κ3) is 6.65. The van der Waals surface area contributed by atoms with Crippen LogP contribution in [0.25, 0.3) is 0 Å². The zero-order valence-electron chi connectivity index (χ0n) is 22.5. The Labute approximate surface area is 228 Å². The van der Waals surface area contributed by atoms with Crippen LogP contribution in [-0.4, -0.2) is 12.6 Å². The van der Waals surface area contributed by atoms with Crippen molar-refractivity contribution in [2.75, 3.05) is 6.61 Å². The average molecular weight is 530 g/mol. The summed E-state index contributed by atoms with van der Waals surface area (Å²) in [6.07, 6.45) is 0. The maximum Gasteiger partial charge on any atom is 0.345 e. The summed E-state index contributed by atoms with van der Waals surface area (Å²) in [5.41, 5.74) is 1.27. The molecule has 0 aliphatic heterocycles. The highest BCUT2D eigenvalue weighted by atomic mass is 32.2. The summed E-state index contributed by atoms with van der Waals surface area (Å²) in [4.78, 5) is 15.6. The molecule has 4 aromatic rings. The number of hydrogen-bond acceptors (Lipinski definition) is 3. The molecule has 0 aliphatic carbocycles. The summed E-state index contributed by atoms with van der Waals surface area (Å²) in [6.45, 7) is 9.74. The molecule has 0 aliphatic rings. The quantitative estimate of drug-likeness (QED) is 0.171. The van der Waals surface area contributed by atoms with E-state index in [0.717, 1.165) is 20.2 Å². The van der Waals surface area contributed by atoms with Crippen molar-refractivity contribution in [3.05, 3.63) is 120 Å². The van der Waals surface area contributed by atoms with Crippen molar-refractivity contribution < 1.29 is 18.7 Å². The summed E-state index contributed by atoms with van der Waals surface area (Å²) >= 11 is 0. The van der Waals surface area contributed by atoms with Gasteiger partial charge in [-0.3, -0.25) is 0 Å². The zero-order chi connectivity index (χ0) is 27.3. The first-order chi connectivity index (χ1) is 18.0. The van der Waals surface area contributed by atoms with Gasteiger partial charge >= 0.3 is 5.97 Å². The Morgan fingerprint density at radius 1 is 0.711 bits per heavy atom. The van der Waals surface area contributed by atoms with Crippen LogP contribution in [-0.2, 0) is 31.4 Å². The summed E-state index contributed by atoms with van der Waals surface area (Å²) in [5.74, 6) is -1.06. The van der Waals surface area contributed by atoms with Crippen molar-refractivity contribution in [1.29, 1.82) is 0 Å². The molecule has 0 saturated carbocycles. The van der Waals surface area contributed by atoms with Crippen LogP contribution in [0.5, 0.6) is 5.75 Å². The van der Waals surface area contributed by atoms with Gasteiger partial charge in [0.15, 0.2) is 32.9 Å². The minimum absolute atomic E-state index is 0.0164. The monoisotopic (exact) mass is 529 g/mol. The highest BCUT2D eigenvalue weighted by Gasteiger charge is 2.30. The summed E-state index contributed by atoms with van der Waals surface area (Å²) in [6, 6.07) is 33.1. The normalized spacial score (nSPS) is 11.9. The molecule has 0 saturated heterocycles. The van der Waals surface area contributed by atoms with Crippen molar-refractivity contribution in [3.8, 4) is 5.75 Å². The van der Waals surface area contributed by atoms with E-state index in [9.17, 15) is 4.79 Å². The molecule has 196 valence electrons. The molecule has 4 aromatic carbocycles. The molecule has 0 atom stereocenters. The van der Waals surface area contributed by atoms with Gasteiger partial charge in [-0.25, -0.2) is 9.18 Å². The average Bonchev–Trinajstić information content (AvgIpc) is 2.89. The molecule has 38 heavy (non-hydrogen) atoms. The van der Waals surface area contributed by atoms with Crippen molar-refractivity contribution >= 4 is 16.9 Å². The Morgan fingerprint density at radius 2 is 1.24 bits per heavy atom. The lowest BCUT2D eigenvalue weighted by atomic mass is 9.85. The lowest BCUT2D eigenvalue weighted by Crippen LogP contribution is -2.29. The molecule has 0 heterocycles. The van der Waals surface area contributed by atoms with Gasteiger partial charge in [0.1, 0.15) is 5.60 Å². The molecule has 0 bridgehead atoms. The van der Waals surface area contributed by atoms with Gasteiger partial charge in [-0.2, -0.15) is 0 Å². The number of hydrogen-bond donors (Lipinski definition) is 0. The van der Waals surface area contributed by atoms with Crippen molar-refractivity contribution in [2.24, 2.45) is 0 Å². The van der Waals surface area contributed by atoms with Crippen molar-refractivity contribution in [3.63, 3.8) is 0 Å². The van der Waals surface area contributed by atoms with Gasteiger partial charge in [-0.1, -0.05) is 81.4 Å². The van der Waals surface area contributed by atoms with E-state index in [0.29, 0.717) is 0 Å². The molecule has 0 spiro atoms. The van der Waals surface area contributed by atoms with E-state index in [1.807, 2.05) is 92.7 Å². The van der Waals surface area contributed by atoms with E-state index >= 15 is 4.39 Å². The minimum Gasteiger partial charge on any atom is -0.479 e. The first-order valence-corrected chi connectivity index (χ1v) is 13.9. The SMILES string of the molecule is CC(C)(C)c1ccc(C(C)(C)OC(=O)COc2ccc([S+](c3ccccc3)c3ccccc3)cc2F)cc1. The van der Waals surface area contributed by atoms with Gasteiger partial charge in [0, 0.05) is 6.07 Å². The van der Waals surface area contributed by atoms with Gasteiger partial charge in [0.2, 0.25) is 0 Å². The molecule has 0 fully saturated rings. The molecule has 0 radical (unpaired) electrons.